The van der Waals surface area contributed by atoms with Gasteiger partial charge in [-0.25, -0.2) is 4.98 Å². The summed E-state index contributed by atoms with van der Waals surface area (Å²) in [7, 11) is 0. The molecule has 148 valence electrons. The van der Waals surface area contributed by atoms with Gasteiger partial charge in [-0.05, 0) is 55.4 Å². The van der Waals surface area contributed by atoms with Gasteiger partial charge in [-0.2, -0.15) is 4.98 Å². The lowest BCUT2D eigenvalue weighted by atomic mass is 9.99. The molecule has 2 fully saturated rings. The number of ether oxygens (including phenoxy) is 1. The van der Waals surface area contributed by atoms with Crippen molar-refractivity contribution in [3.8, 4) is 5.75 Å². The molecule has 0 saturated heterocycles. The molecular weight excluding hydrogens is 369 g/mol. The monoisotopic (exact) mass is 390 g/mol. The van der Waals surface area contributed by atoms with Gasteiger partial charge < -0.3 is 15.0 Å². The Labute approximate surface area is 160 Å². The van der Waals surface area contributed by atoms with Gasteiger partial charge in [0.25, 0.3) is 0 Å². The number of rotatable bonds is 5. The fourth-order valence-corrected chi connectivity index (χ4v) is 3.60. The van der Waals surface area contributed by atoms with Crippen LogP contribution in [-0.2, 0) is 13.0 Å². The largest absolute Gasteiger partial charge is 0.573 e. The lowest BCUT2D eigenvalue weighted by Crippen LogP contribution is -2.31. The second-order valence-corrected chi connectivity index (χ2v) is 7.82. The van der Waals surface area contributed by atoms with Gasteiger partial charge in [0.05, 0.1) is 5.69 Å². The molecule has 2 saturated carbocycles. The molecule has 0 amide bonds. The van der Waals surface area contributed by atoms with Crippen LogP contribution in [0.1, 0.15) is 48.4 Å². The molecule has 2 aliphatic carbocycles. The summed E-state index contributed by atoms with van der Waals surface area (Å²) >= 11 is 0. The minimum atomic E-state index is -4.68. The van der Waals surface area contributed by atoms with Gasteiger partial charge in [-0.3, -0.25) is 0 Å². The quantitative estimate of drug-likeness (QED) is 0.821. The molecule has 5 nitrogen and oxygen atoms in total. The molecule has 5 rings (SSSR count). The molecule has 1 N–H and O–H groups in total. The first-order valence-corrected chi connectivity index (χ1v) is 9.71. The summed E-state index contributed by atoms with van der Waals surface area (Å²) in [5.41, 5.74) is 2.96. The molecule has 2 aromatic rings. The van der Waals surface area contributed by atoms with Crippen LogP contribution in [-0.4, -0.2) is 28.9 Å². The third-order valence-electron chi connectivity index (χ3n) is 5.39. The van der Waals surface area contributed by atoms with Crippen LogP contribution in [0.25, 0.3) is 0 Å². The van der Waals surface area contributed by atoms with E-state index in [1.807, 2.05) is 6.07 Å². The molecule has 3 aliphatic rings. The van der Waals surface area contributed by atoms with E-state index in [1.54, 1.807) is 6.07 Å². The Bertz CT molecular complexity index is 894. The topological polar surface area (TPSA) is 50.3 Å². The predicted octanol–water partition coefficient (Wildman–Crippen LogP) is 4.39. The van der Waals surface area contributed by atoms with Crippen LogP contribution in [0.2, 0.25) is 0 Å². The van der Waals surface area contributed by atoms with Crippen LogP contribution < -0.4 is 15.0 Å². The van der Waals surface area contributed by atoms with Crippen molar-refractivity contribution >= 4 is 11.8 Å². The molecule has 0 spiro atoms. The summed E-state index contributed by atoms with van der Waals surface area (Å²) in [6.45, 7) is 1.28. The van der Waals surface area contributed by atoms with E-state index in [0.29, 0.717) is 24.5 Å². The van der Waals surface area contributed by atoms with E-state index in [0.717, 1.165) is 61.3 Å². The summed E-state index contributed by atoms with van der Waals surface area (Å²) in [4.78, 5) is 11.5. The van der Waals surface area contributed by atoms with Crippen LogP contribution in [0, 0.1) is 0 Å². The number of anilines is 2. The first kappa shape index (κ1) is 17.6. The number of hydrogen-bond acceptors (Lipinski definition) is 5. The van der Waals surface area contributed by atoms with Gasteiger partial charge in [0.2, 0.25) is 5.95 Å². The second-order valence-electron chi connectivity index (χ2n) is 7.82. The van der Waals surface area contributed by atoms with Crippen molar-refractivity contribution in [2.24, 2.45) is 0 Å². The highest BCUT2D eigenvalue weighted by molar-refractivity contribution is 5.50. The van der Waals surface area contributed by atoms with E-state index in [1.165, 1.54) is 12.1 Å². The highest BCUT2D eigenvalue weighted by Crippen LogP contribution is 2.41. The number of nitrogens with one attached hydrogen (secondary N) is 1. The molecule has 1 aliphatic heterocycles. The number of aromatic nitrogens is 2. The van der Waals surface area contributed by atoms with E-state index >= 15 is 0 Å². The molecular formula is C20H21F3N4O. The Morgan fingerprint density at radius 1 is 1.04 bits per heavy atom. The second kappa shape index (κ2) is 6.53. The normalized spacial score (nSPS) is 19.3. The van der Waals surface area contributed by atoms with Crippen LogP contribution >= 0.6 is 0 Å². The molecule has 1 aromatic heterocycles. The zero-order valence-electron chi connectivity index (χ0n) is 15.3. The maximum atomic E-state index is 12.5. The average molecular weight is 390 g/mol. The minimum absolute atomic E-state index is 0.175. The summed E-state index contributed by atoms with van der Waals surface area (Å²) in [5, 5.41) is 3.38. The van der Waals surface area contributed by atoms with Crippen LogP contribution in [0.4, 0.5) is 24.9 Å². The van der Waals surface area contributed by atoms with Crippen molar-refractivity contribution in [1.82, 2.24) is 9.97 Å². The van der Waals surface area contributed by atoms with Gasteiger partial charge in [0.15, 0.2) is 0 Å². The lowest BCUT2D eigenvalue weighted by Gasteiger charge is -2.30. The maximum Gasteiger partial charge on any atom is 0.573 e. The summed E-state index contributed by atoms with van der Waals surface area (Å²) in [5.74, 6) is 1.84. The van der Waals surface area contributed by atoms with Crippen molar-refractivity contribution in [2.75, 3.05) is 16.8 Å². The van der Waals surface area contributed by atoms with E-state index in [4.69, 9.17) is 4.98 Å². The molecule has 2 heterocycles. The zero-order chi connectivity index (χ0) is 19.3. The Hall–Kier alpha value is -2.51. The highest BCUT2D eigenvalue weighted by atomic mass is 19.4. The molecule has 8 heteroatoms. The number of halogens is 3. The Balaban J connectivity index is 1.40. The van der Waals surface area contributed by atoms with Crippen LogP contribution in [0.3, 0.4) is 0 Å². The SMILES string of the molecule is FC(F)(F)Oc1ccc2c(c1)CN(c1cc(C3CC3)nc(NC3CC3)n1)CC2. The van der Waals surface area contributed by atoms with Gasteiger partial charge >= 0.3 is 6.36 Å². The van der Waals surface area contributed by atoms with E-state index in [9.17, 15) is 13.2 Å². The maximum absolute atomic E-state index is 12.5. The molecule has 1 aromatic carbocycles. The fraction of sp³-hybridized carbons (Fsp3) is 0.500. The number of benzene rings is 1. The molecule has 28 heavy (non-hydrogen) atoms. The van der Waals surface area contributed by atoms with Crippen LogP contribution in [0.15, 0.2) is 24.3 Å². The minimum Gasteiger partial charge on any atom is -0.406 e. The van der Waals surface area contributed by atoms with Gasteiger partial charge in [0, 0.05) is 31.1 Å². The smallest absolute Gasteiger partial charge is 0.406 e. The van der Waals surface area contributed by atoms with Gasteiger partial charge in [-0.15, -0.1) is 13.2 Å². The van der Waals surface area contributed by atoms with Crippen molar-refractivity contribution < 1.29 is 17.9 Å². The first-order valence-electron chi connectivity index (χ1n) is 9.71. The summed E-state index contributed by atoms with van der Waals surface area (Å²) in [6.07, 6.45) is 0.672. The zero-order valence-corrected chi connectivity index (χ0v) is 15.3. The molecule has 0 unspecified atom stereocenters. The van der Waals surface area contributed by atoms with Crippen molar-refractivity contribution in [3.63, 3.8) is 0 Å². The Morgan fingerprint density at radius 3 is 2.57 bits per heavy atom. The third-order valence-corrected chi connectivity index (χ3v) is 5.39. The Kier molecular flexibility index (Phi) is 4.10. The third kappa shape index (κ3) is 4.00. The summed E-state index contributed by atoms with van der Waals surface area (Å²) < 4.78 is 41.7. The van der Waals surface area contributed by atoms with Gasteiger partial charge in [0.1, 0.15) is 11.6 Å². The number of nitrogens with zero attached hydrogens (tertiary/aromatic N) is 3. The number of hydrogen-bond donors (Lipinski definition) is 1. The lowest BCUT2D eigenvalue weighted by molar-refractivity contribution is -0.274. The average Bonchev–Trinajstić information content (AvgIpc) is 3.53. The molecule has 0 atom stereocenters. The fourth-order valence-electron chi connectivity index (χ4n) is 3.60. The highest BCUT2D eigenvalue weighted by Gasteiger charge is 2.32. The number of alkyl halides is 3. The standard InChI is InChI=1S/C20H21F3N4O/c21-20(22,23)28-16-6-3-12-7-8-27(11-14(12)9-16)18-10-17(13-1-2-13)25-19(26-18)24-15-4-5-15/h3,6,9-10,13,15H,1-2,4-5,7-8,11H2,(H,24,25,26). The van der Waals surface area contributed by atoms with Crippen molar-refractivity contribution in [1.29, 1.82) is 0 Å². The summed E-state index contributed by atoms with van der Waals surface area (Å²) in [6, 6.07) is 7.10. The van der Waals surface area contributed by atoms with Crippen molar-refractivity contribution in [3.05, 3.63) is 41.1 Å². The van der Waals surface area contributed by atoms with E-state index in [2.05, 4.69) is 19.9 Å². The molecule has 0 radical (unpaired) electrons. The predicted molar refractivity (Wildman–Crippen MR) is 98.5 cm³/mol. The van der Waals surface area contributed by atoms with E-state index < -0.39 is 6.36 Å². The first-order chi connectivity index (χ1) is 13.4. The molecule has 0 bridgehead atoms. The van der Waals surface area contributed by atoms with Crippen molar-refractivity contribution in [2.45, 2.75) is 57.0 Å². The van der Waals surface area contributed by atoms with Gasteiger partial charge in [-0.1, -0.05) is 6.07 Å². The number of fused-ring (bicyclic) bond motifs is 1. The Morgan fingerprint density at radius 2 is 1.86 bits per heavy atom. The van der Waals surface area contributed by atoms with E-state index in [-0.39, 0.29) is 5.75 Å². The van der Waals surface area contributed by atoms with Crippen LogP contribution in [0.5, 0.6) is 5.75 Å².